The van der Waals surface area contributed by atoms with E-state index < -0.39 is 9.84 Å². The van der Waals surface area contributed by atoms with Crippen LogP contribution in [0.25, 0.3) is 0 Å². The lowest BCUT2D eigenvalue weighted by atomic mass is 10.2. The summed E-state index contributed by atoms with van der Waals surface area (Å²) in [7, 11) is -2.90. The van der Waals surface area contributed by atoms with Crippen LogP contribution in [-0.2, 0) is 9.84 Å². The summed E-state index contributed by atoms with van der Waals surface area (Å²) >= 11 is 0. The highest BCUT2D eigenvalue weighted by Gasteiger charge is 2.10. The van der Waals surface area contributed by atoms with Gasteiger partial charge in [-0.2, -0.15) is 0 Å². The molecule has 0 heterocycles. The van der Waals surface area contributed by atoms with Gasteiger partial charge in [-0.25, -0.2) is 8.42 Å². The highest BCUT2D eigenvalue weighted by atomic mass is 32.2. The molecule has 0 rings (SSSR count). The Balaban J connectivity index is 3.73. The van der Waals surface area contributed by atoms with Crippen LogP contribution in [0.15, 0.2) is 0 Å². The first-order valence-corrected chi connectivity index (χ1v) is 6.11. The van der Waals surface area contributed by atoms with E-state index in [2.05, 4.69) is 0 Å². The lowest BCUT2D eigenvalue weighted by Crippen LogP contribution is -2.13. The Morgan fingerprint density at radius 1 is 1.25 bits per heavy atom. The second-order valence-electron chi connectivity index (χ2n) is 3.41. The first kappa shape index (κ1) is 11.9. The summed E-state index contributed by atoms with van der Waals surface area (Å²) in [4.78, 5) is 0. The van der Waals surface area contributed by atoms with Gasteiger partial charge in [0, 0.05) is 6.61 Å². The van der Waals surface area contributed by atoms with E-state index in [0.717, 1.165) is 0 Å². The van der Waals surface area contributed by atoms with E-state index in [-0.39, 0.29) is 18.1 Å². The van der Waals surface area contributed by atoms with E-state index in [1.165, 1.54) is 0 Å². The van der Waals surface area contributed by atoms with Crippen LogP contribution in [0, 0.1) is 5.92 Å². The van der Waals surface area contributed by atoms with Gasteiger partial charge >= 0.3 is 0 Å². The van der Waals surface area contributed by atoms with E-state index in [0.29, 0.717) is 18.8 Å². The van der Waals surface area contributed by atoms with Gasteiger partial charge in [0.1, 0.15) is 9.84 Å². The molecule has 0 aliphatic carbocycles. The van der Waals surface area contributed by atoms with E-state index in [4.69, 9.17) is 5.11 Å². The normalized spacial score (nSPS) is 12.3. The molecule has 0 unspecified atom stereocenters. The van der Waals surface area contributed by atoms with Crippen molar-refractivity contribution in [2.75, 3.05) is 18.1 Å². The minimum Gasteiger partial charge on any atom is -0.396 e. The van der Waals surface area contributed by atoms with Crippen molar-refractivity contribution in [1.82, 2.24) is 0 Å². The predicted molar refractivity (Wildman–Crippen MR) is 49.8 cm³/mol. The molecule has 0 spiro atoms. The van der Waals surface area contributed by atoms with Gasteiger partial charge in [0.05, 0.1) is 11.5 Å². The zero-order chi connectivity index (χ0) is 9.61. The lowest BCUT2D eigenvalue weighted by Gasteiger charge is -2.05. The second-order valence-corrected chi connectivity index (χ2v) is 5.72. The summed E-state index contributed by atoms with van der Waals surface area (Å²) in [6, 6.07) is 0. The molecule has 0 bridgehead atoms. The fourth-order valence-electron chi connectivity index (χ4n) is 0.802. The maximum absolute atomic E-state index is 11.2. The molecule has 0 amide bonds. The van der Waals surface area contributed by atoms with Crippen LogP contribution in [0.3, 0.4) is 0 Å². The first-order valence-electron chi connectivity index (χ1n) is 4.29. The molecule has 0 saturated carbocycles. The van der Waals surface area contributed by atoms with E-state index in [9.17, 15) is 8.42 Å². The topological polar surface area (TPSA) is 54.4 Å². The van der Waals surface area contributed by atoms with Gasteiger partial charge < -0.3 is 5.11 Å². The Morgan fingerprint density at radius 2 is 1.83 bits per heavy atom. The number of aliphatic hydroxyl groups excluding tert-OH is 1. The molecule has 0 radical (unpaired) electrons. The van der Waals surface area contributed by atoms with Crippen LogP contribution in [0.1, 0.15) is 26.7 Å². The van der Waals surface area contributed by atoms with Gasteiger partial charge in [-0.1, -0.05) is 13.8 Å². The molecule has 0 aliphatic rings. The van der Waals surface area contributed by atoms with Crippen LogP contribution < -0.4 is 0 Å². The summed E-state index contributed by atoms with van der Waals surface area (Å²) in [6.07, 6.45) is 1.08. The summed E-state index contributed by atoms with van der Waals surface area (Å²) in [5, 5.41) is 8.44. The zero-order valence-electron chi connectivity index (χ0n) is 7.78. The summed E-state index contributed by atoms with van der Waals surface area (Å²) < 4.78 is 22.4. The molecule has 4 heteroatoms. The Hall–Kier alpha value is -0.0900. The van der Waals surface area contributed by atoms with E-state index in [1.54, 1.807) is 0 Å². The van der Waals surface area contributed by atoms with Gasteiger partial charge in [0.15, 0.2) is 0 Å². The second kappa shape index (κ2) is 5.54. The van der Waals surface area contributed by atoms with Gasteiger partial charge in [-0.3, -0.25) is 0 Å². The Labute approximate surface area is 74.7 Å². The minimum atomic E-state index is -2.90. The van der Waals surface area contributed by atoms with Crippen LogP contribution in [0.4, 0.5) is 0 Å². The standard InChI is InChI=1S/C8H18O3S/c1-8(2)4-7-12(10,11)6-3-5-9/h8-9H,3-7H2,1-2H3. The molecule has 0 atom stereocenters. The summed E-state index contributed by atoms with van der Waals surface area (Å²) in [5.74, 6) is 0.801. The molecule has 3 nitrogen and oxygen atoms in total. The molecule has 0 aliphatic heterocycles. The van der Waals surface area contributed by atoms with Crippen LogP contribution >= 0.6 is 0 Å². The molecule has 74 valence electrons. The zero-order valence-corrected chi connectivity index (χ0v) is 8.60. The average molecular weight is 194 g/mol. The van der Waals surface area contributed by atoms with Crippen molar-refractivity contribution in [3.8, 4) is 0 Å². The van der Waals surface area contributed by atoms with Crippen molar-refractivity contribution in [1.29, 1.82) is 0 Å². The largest absolute Gasteiger partial charge is 0.396 e. The molecule has 0 fully saturated rings. The van der Waals surface area contributed by atoms with Crippen LogP contribution in [0.5, 0.6) is 0 Å². The maximum Gasteiger partial charge on any atom is 0.150 e. The third-order valence-corrected chi connectivity index (χ3v) is 3.39. The molecule has 0 aromatic heterocycles. The molecular formula is C8H18O3S. The molecule has 0 aromatic carbocycles. The van der Waals surface area contributed by atoms with Gasteiger partial charge in [-0.15, -0.1) is 0 Å². The third-order valence-electron chi connectivity index (χ3n) is 1.62. The molecule has 0 saturated heterocycles. The predicted octanol–water partition coefficient (Wildman–Crippen LogP) is 0.830. The number of rotatable bonds is 6. The molecule has 1 N–H and O–H groups in total. The summed E-state index contributed by atoms with van der Waals surface area (Å²) in [6.45, 7) is 3.96. The fraction of sp³-hybridized carbons (Fsp3) is 1.00. The minimum absolute atomic E-state index is 0.0408. The lowest BCUT2D eigenvalue weighted by molar-refractivity contribution is 0.295. The van der Waals surface area contributed by atoms with Crippen molar-refractivity contribution < 1.29 is 13.5 Å². The van der Waals surface area contributed by atoms with Crippen LogP contribution in [0.2, 0.25) is 0 Å². The maximum atomic E-state index is 11.2. The Kier molecular flexibility index (Phi) is 5.50. The smallest absolute Gasteiger partial charge is 0.150 e. The molecule has 12 heavy (non-hydrogen) atoms. The summed E-state index contributed by atoms with van der Waals surface area (Å²) in [5.41, 5.74) is 0. The van der Waals surface area contributed by atoms with Gasteiger partial charge in [0.25, 0.3) is 0 Å². The number of sulfone groups is 1. The first-order chi connectivity index (χ1) is 5.48. The van der Waals surface area contributed by atoms with Crippen molar-refractivity contribution >= 4 is 9.84 Å². The Morgan fingerprint density at radius 3 is 2.25 bits per heavy atom. The number of hydrogen-bond acceptors (Lipinski definition) is 3. The van der Waals surface area contributed by atoms with Crippen molar-refractivity contribution in [2.24, 2.45) is 5.92 Å². The average Bonchev–Trinajstić information content (AvgIpc) is 1.98. The molecular weight excluding hydrogens is 176 g/mol. The van der Waals surface area contributed by atoms with E-state index >= 15 is 0 Å². The Bertz CT molecular complexity index is 194. The van der Waals surface area contributed by atoms with Crippen molar-refractivity contribution in [3.63, 3.8) is 0 Å². The SMILES string of the molecule is CC(C)CCS(=O)(=O)CCCO. The highest BCUT2D eigenvalue weighted by Crippen LogP contribution is 2.04. The van der Waals surface area contributed by atoms with E-state index in [1.807, 2.05) is 13.8 Å². The number of aliphatic hydroxyl groups is 1. The monoisotopic (exact) mass is 194 g/mol. The fourth-order valence-corrected chi connectivity index (χ4v) is 2.41. The molecule has 0 aromatic rings. The van der Waals surface area contributed by atoms with Crippen LogP contribution in [-0.4, -0.2) is 31.6 Å². The highest BCUT2D eigenvalue weighted by molar-refractivity contribution is 7.91. The number of hydrogen-bond donors (Lipinski definition) is 1. The van der Waals surface area contributed by atoms with Gasteiger partial charge in [0.2, 0.25) is 0 Å². The quantitative estimate of drug-likeness (QED) is 0.681. The third kappa shape index (κ3) is 6.61. The van der Waals surface area contributed by atoms with Crippen molar-refractivity contribution in [2.45, 2.75) is 26.7 Å². The van der Waals surface area contributed by atoms with Crippen molar-refractivity contribution in [3.05, 3.63) is 0 Å². The van der Waals surface area contributed by atoms with Gasteiger partial charge in [-0.05, 0) is 18.8 Å².